The number of aromatic amines is 1. The number of hydrogen-bond acceptors (Lipinski definition) is 4. The highest BCUT2D eigenvalue weighted by atomic mass is 16.3. The number of hydrogen-bond donors (Lipinski definition) is 2. The van der Waals surface area contributed by atoms with Gasteiger partial charge in [-0.2, -0.15) is 0 Å². The van der Waals surface area contributed by atoms with Gasteiger partial charge in [0.1, 0.15) is 11.6 Å². The highest BCUT2D eigenvalue weighted by Gasteiger charge is 2.19. The van der Waals surface area contributed by atoms with E-state index in [1.165, 1.54) is 6.07 Å². The second-order valence-corrected chi connectivity index (χ2v) is 4.15. The van der Waals surface area contributed by atoms with Crippen molar-refractivity contribution in [2.75, 3.05) is 18.0 Å². The van der Waals surface area contributed by atoms with E-state index in [0.717, 1.165) is 19.4 Å². The smallest absolute Gasteiger partial charge is 0.252 e. The molecule has 1 fully saturated rings. The van der Waals surface area contributed by atoms with Gasteiger partial charge < -0.3 is 15.0 Å². The second kappa shape index (κ2) is 4.65. The van der Waals surface area contributed by atoms with E-state index < -0.39 is 0 Å². The molecule has 0 aromatic carbocycles. The summed E-state index contributed by atoms with van der Waals surface area (Å²) in [6, 6.07) is 1.50. The van der Waals surface area contributed by atoms with Gasteiger partial charge in [-0.15, -0.1) is 0 Å². The average Bonchev–Trinajstić information content (AvgIpc) is 2.28. The number of rotatable bonds is 2. The Morgan fingerprint density at radius 2 is 2.50 bits per heavy atom. The van der Waals surface area contributed by atoms with E-state index in [1.54, 1.807) is 0 Å². The van der Waals surface area contributed by atoms with Crippen molar-refractivity contribution in [3.05, 3.63) is 22.2 Å². The van der Waals surface area contributed by atoms with Crippen molar-refractivity contribution in [3.8, 4) is 0 Å². The Bertz CT molecular complexity index is 416. The van der Waals surface area contributed by atoms with Gasteiger partial charge in [0.25, 0.3) is 5.56 Å². The molecule has 5 heteroatoms. The molecule has 16 heavy (non-hydrogen) atoms. The van der Waals surface area contributed by atoms with Crippen LogP contribution in [0.5, 0.6) is 0 Å². The molecular weight excluding hydrogens is 206 g/mol. The second-order valence-electron chi connectivity index (χ2n) is 4.15. The lowest BCUT2D eigenvalue weighted by atomic mass is 10.1. The lowest BCUT2D eigenvalue weighted by molar-refractivity contribution is 0.154. The molecule has 0 saturated carbocycles. The number of aliphatic hydroxyl groups is 1. The minimum atomic E-state index is -0.306. The molecule has 5 nitrogen and oxygen atoms in total. The van der Waals surface area contributed by atoms with Crippen molar-refractivity contribution < 1.29 is 5.11 Å². The van der Waals surface area contributed by atoms with E-state index in [-0.39, 0.29) is 11.7 Å². The Morgan fingerprint density at radius 1 is 1.69 bits per heavy atom. The van der Waals surface area contributed by atoms with Crippen molar-refractivity contribution in [3.63, 3.8) is 0 Å². The van der Waals surface area contributed by atoms with Crippen molar-refractivity contribution in [2.45, 2.75) is 32.3 Å². The summed E-state index contributed by atoms with van der Waals surface area (Å²) < 4.78 is 0. The Balaban J connectivity index is 2.25. The van der Waals surface area contributed by atoms with Crippen LogP contribution in [0.4, 0.5) is 5.82 Å². The zero-order chi connectivity index (χ0) is 11.5. The van der Waals surface area contributed by atoms with Crippen molar-refractivity contribution in [1.29, 1.82) is 0 Å². The van der Waals surface area contributed by atoms with Gasteiger partial charge in [-0.3, -0.25) is 4.79 Å². The number of nitrogens with zero attached hydrogens (tertiary/aromatic N) is 2. The summed E-state index contributed by atoms with van der Waals surface area (Å²) in [6.45, 7) is 3.38. The van der Waals surface area contributed by atoms with Gasteiger partial charge in [0, 0.05) is 25.6 Å². The molecule has 2 N–H and O–H groups in total. The molecule has 0 amide bonds. The van der Waals surface area contributed by atoms with Gasteiger partial charge in [-0.05, 0) is 12.8 Å². The summed E-state index contributed by atoms with van der Waals surface area (Å²) in [5.41, 5.74) is -0.123. The molecule has 0 bridgehead atoms. The van der Waals surface area contributed by atoms with Crippen LogP contribution < -0.4 is 10.5 Å². The largest absolute Gasteiger partial charge is 0.391 e. The van der Waals surface area contributed by atoms with Crippen LogP contribution in [0.1, 0.15) is 25.6 Å². The van der Waals surface area contributed by atoms with E-state index >= 15 is 0 Å². The number of β-amino-alcohol motifs (C(OH)–C–C–N with tert-alkyl or cyclic N) is 1. The van der Waals surface area contributed by atoms with Gasteiger partial charge in [-0.25, -0.2) is 4.98 Å². The number of aryl methyl sites for hydroxylation is 1. The summed E-state index contributed by atoms with van der Waals surface area (Å²) in [7, 11) is 0. The predicted octanol–water partition coefficient (Wildman–Crippen LogP) is 0.293. The van der Waals surface area contributed by atoms with Gasteiger partial charge in [-0.1, -0.05) is 6.92 Å². The van der Waals surface area contributed by atoms with Crippen molar-refractivity contribution in [1.82, 2.24) is 9.97 Å². The van der Waals surface area contributed by atoms with Crippen LogP contribution in [0.3, 0.4) is 0 Å². The number of nitrogens with one attached hydrogen (secondary N) is 1. The number of aliphatic hydroxyl groups excluding tert-OH is 1. The van der Waals surface area contributed by atoms with Crippen LogP contribution in [0.15, 0.2) is 10.9 Å². The maximum absolute atomic E-state index is 11.4. The average molecular weight is 223 g/mol. The summed E-state index contributed by atoms with van der Waals surface area (Å²) in [4.78, 5) is 20.4. The number of piperidine rings is 1. The van der Waals surface area contributed by atoms with E-state index in [0.29, 0.717) is 24.6 Å². The summed E-state index contributed by atoms with van der Waals surface area (Å²) in [6.07, 6.45) is 2.18. The fraction of sp³-hybridized carbons (Fsp3) is 0.636. The maximum atomic E-state index is 11.4. The lowest BCUT2D eigenvalue weighted by Crippen LogP contribution is -2.39. The van der Waals surface area contributed by atoms with Gasteiger partial charge in [0.15, 0.2) is 0 Å². The first kappa shape index (κ1) is 11.1. The van der Waals surface area contributed by atoms with E-state index in [1.807, 2.05) is 11.8 Å². The molecule has 0 unspecified atom stereocenters. The minimum Gasteiger partial charge on any atom is -0.391 e. The van der Waals surface area contributed by atoms with E-state index in [2.05, 4.69) is 9.97 Å². The first-order valence-corrected chi connectivity index (χ1v) is 5.72. The third-order valence-electron chi connectivity index (χ3n) is 2.83. The normalized spacial score (nSPS) is 21.1. The zero-order valence-electron chi connectivity index (χ0n) is 9.44. The molecule has 2 rings (SSSR count). The van der Waals surface area contributed by atoms with Gasteiger partial charge >= 0.3 is 0 Å². The standard InChI is InChI=1S/C11H17N3O2/c1-2-9-12-10(6-11(16)13-9)14-5-3-4-8(15)7-14/h6,8,15H,2-5,7H2,1H3,(H,12,13,16)/t8-/m0/s1. The van der Waals surface area contributed by atoms with Crippen LogP contribution in [-0.4, -0.2) is 34.3 Å². The Morgan fingerprint density at radius 3 is 3.19 bits per heavy atom. The Kier molecular flexibility index (Phi) is 3.24. The third-order valence-corrected chi connectivity index (χ3v) is 2.83. The Hall–Kier alpha value is -1.36. The number of aromatic nitrogens is 2. The molecular formula is C11H17N3O2. The van der Waals surface area contributed by atoms with Crippen LogP contribution >= 0.6 is 0 Å². The molecule has 0 spiro atoms. The molecule has 1 aromatic heterocycles. The predicted molar refractivity (Wildman–Crippen MR) is 61.7 cm³/mol. The molecule has 88 valence electrons. The minimum absolute atomic E-state index is 0.123. The first-order valence-electron chi connectivity index (χ1n) is 5.72. The van der Waals surface area contributed by atoms with Crippen LogP contribution in [0.2, 0.25) is 0 Å². The maximum Gasteiger partial charge on any atom is 0.252 e. The van der Waals surface area contributed by atoms with Crippen molar-refractivity contribution in [2.24, 2.45) is 0 Å². The van der Waals surface area contributed by atoms with Crippen LogP contribution in [-0.2, 0) is 6.42 Å². The summed E-state index contributed by atoms with van der Waals surface area (Å²) in [5.74, 6) is 1.38. The summed E-state index contributed by atoms with van der Waals surface area (Å²) >= 11 is 0. The molecule has 2 heterocycles. The molecule has 0 aliphatic carbocycles. The molecule has 1 aromatic rings. The third kappa shape index (κ3) is 2.41. The lowest BCUT2D eigenvalue weighted by Gasteiger charge is -2.30. The highest BCUT2D eigenvalue weighted by molar-refractivity contribution is 5.38. The van der Waals surface area contributed by atoms with Crippen LogP contribution in [0, 0.1) is 0 Å². The number of H-pyrrole nitrogens is 1. The van der Waals surface area contributed by atoms with E-state index in [4.69, 9.17) is 0 Å². The topological polar surface area (TPSA) is 69.2 Å². The molecule has 1 saturated heterocycles. The number of anilines is 1. The zero-order valence-corrected chi connectivity index (χ0v) is 9.44. The monoisotopic (exact) mass is 223 g/mol. The first-order chi connectivity index (χ1) is 7.69. The molecule has 1 aliphatic heterocycles. The molecule has 0 radical (unpaired) electrons. The highest BCUT2D eigenvalue weighted by Crippen LogP contribution is 2.16. The fourth-order valence-corrected chi connectivity index (χ4v) is 1.99. The fourth-order valence-electron chi connectivity index (χ4n) is 1.99. The molecule has 1 atom stereocenters. The van der Waals surface area contributed by atoms with Gasteiger partial charge in [0.2, 0.25) is 0 Å². The Labute approximate surface area is 94.1 Å². The van der Waals surface area contributed by atoms with Crippen molar-refractivity contribution >= 4 is 5.82 Å². The van der Waals surface area contributed by atoms with Crippen LogP contribution in [0.25, 0.3) is 0 Å². The molecule has 1 aliphatic rings. The quantitative estimate of drug-likeness (QED) is 0.756. The van der Waals surface area contributed by atoms with Gasteiger partial charge in [0.05, 0.1) is 6.10 Å². The summed E-state index contributed by atoms with van der Waals surface area (Å²) in [5, 5.41) is 9.58. The van der Waals surface area contributed by atoms with E-state index in [9.17, 15) is 9.90 Å². The SMILES string of the molecule is CCc1nc(N2CCC[C@H](O)C2)cc(=O)[nH]1.